The third kappa shape index (κ3) is 7.50. The van der Waals surface area contributed by atoms with E-state index in [1.165, 1.54) is 4.90 Å². The molecule has 4 atom stereocenters. The van der Waals surface area contributed by atoms with E-state index in [0.717, 1.165) is 27.9 Å². The summed E-state index contributed by atoms with van der Waals surface area (Å²) < 4.78 is 41.0. The van der Waals surface area contributed by atoms with Gasteiger partial charge >= 0.3 is 0 Å². The molecule has 14 nitrogen and oxygen atoms in total. The van der Waals surface area contributed by atoms with Crippen molar-refractivity contribution in [2.75, 3.05) is 43.6 Å². The highest BCUT2D eigenvalue weighted by Gasteiger charge is 2.48. The molecule has 0 aromatic heterocycles. The summed E-state index contributed by atoms with van der Waals surface area (Å²) in [4.78, 5) is 51.7. The first-order chi connectivity index (χ1) is 27.5. The third-order valence-electron chi connectivity index (χ3n) is 11.2. The van der Waals surface area contributed by atoms with Gasteiger partial charge in [0.25, 0.3) is 5.91 Å². The van der Waals surface area contributed by atoms with Crippen LogP contribution in [0.4, 0.5) is 11.4 Å². The number of aliphatic hydroxyl groups is 1. The van der Waals surface area contributed by atoms with E-state index in [9.17, 15) is 32.7 Å². The number of fused-ring (bicyclic) bond motifs is 4. The van der Waals surface area contributed by atoms with Crippen molar-refractivity contribution in [2.45, 2.75) is 55.8 Å². The van der Waals surface area contributed by atoms with E-state index < -0.39 is 28.0 Å². The zero-order chi connectivity index (χ0) is 39.8. The highest BCUT2D eigenvalue weighted by atomic mass is 32.2. The molecule has 8 rings (SSSR count). The molecular weight excluding hydrogens is 751 g/mol. The average molecular weight is 794 g/mol. The second-order valence-electron chi connectivity index (χ2n) is 14.8. The van der Waals surface area contributed by atoms with Crippen LogP contribution in [0.15, 0.2) is 89.8 Å². The van der Waals surface area contributed by atoms with Crippen molar-refractivity contribution in [3.05, 3.63) is 107 Å². The third-order valence-corrected chi connectivity index (χ3v) is 13.1. The van der Waals surface area contributed by atoms with Gasteiger partial charge in [0, 0.05) is 41.4 Å². The molecule has 296 valence electrons. The Morgan fingerprint density at radius 1 is 0.947 bits per heavy atom. The Labute approximate surface area is 330 Å². The van der Waals surface area contributed by atoms with Crippen LogP contribution in [-0.2, 0) is 35.7 Å². The Kier molecular flexibility index (Phi) is 10.6. The molecule has 4 aromatic carbocycles. The first-order valence-corrected chi connectivity index (χ1v) is 20.4. The minimum Gasteiger partial charge on any atom is -0.491 e. The molecule has 0 radical (unpaired) electrons. The van der Waals surface area contributed by atoms with Gasteiger partial charge in [-0.3, -0.25) is 24.5 Å². The number of hydrogen-bond acceptors (Lipinski definition) is 10. The molecule has 2 fully saturated rings. The number of carbonyl (C=O) groups is 4. The van der Waals surface area contributed by atoms with Gasteiger partial charge < -0.3 is 30.1 Å². The molecule has 57 heavy (non-hydrogen) atoms. The van der Waals surface area contributed by atoms with E-state index in [1.807, 2.05) is 43.3 Å². The summed E-state index contributed by atoms with van der Waals surface area (Å²) >= 11 is 0. The number of carbonyl (C=O) groups excluding carboxylic acids is 4. The van der Waals surface area contributed by atoms with Crippen LogP contribution in [0.2, 0.25) is 0 Å². The number of hydrogen-bond donors (Lipinski definition) is 4. The Morgan fingerprint density at radius 3 is 2.53 bits per heavy atom. The van der Waals surface area contributed by atoms with E-state index in [0.29, 0.717) is 35.5 Å². The molecule has 0 aliphatic carbocycles. The van der Waals surface area contributed by atoms with Crippen molar-refractivity contribution >= 4 is 45.0 Å². The molecule has 15 heteroatoms. The van der Waals surface area contributed by atoms with Gasteiger partial charge in [0.15, 0.2) is 0 Å². The van der Waals surface area contributed by atoms with Crippen LogP contribution < -0.4 is 20.7 Å². The lowest BCUT2D eigenvalue weighted by molar-refractivity contribution is -0.137. The van der Waals surface area contributed by atoms with Crippen molar-refractivity contribution < 1.29 is 42.2 Å². The molecule has 4 aromatic rings. The Hall–Kier alpha value is -5.61. The summed E-state index contributed by atoms with van der Waals surface area (Å²) in [5.74, 6) is -1.13. The van der Waals surface area contributed by atoms with Gasteiger partial charge in [-0.15, -0.1) is 0 Å². The zero-order valence-corrected chi connectivity index (χ0v) is 32.1. The molecule has 2 saturated heterocycles. The quantitative estimate of drug-likeness (QED) is 0.121. The number of imide groups is 1. The van der Waals surface area contributed by atoms with E-state index in [4.69, 9.17) is 9.47 Å². The first kappa shape index (κ1) is 38.3. The van der Waals surface area contributed by atoms with Crippen LogP contribution in [-0.4, -0.2) is 91.4 Å². The fraction of sp³-hybridized carbons (Fsp3) is 0.333. The normalized spacial score (nSPS) is 21.6. The van der Waals surface area contributed by atoms with Crippen LogP contribution in [0.25, 0.3) is 11.1 Å². The maximum atomic E-state index is 14.0. The summed E-state index contributed by atoms with van der Waals surface area (Å²) in [6.45, 7) is 2.29. The van der Waals surface area contributed by atoms with Crippen molar-refractivity contribution in [3.8, 4) is 16.9 Å². The van der Waals surface area contributed by atoms with E-state index in [2.05, 4.69) is 16.0 Å². The Morgan fingerprint density at radius 2 is 1.74 bits per heavy atom. The standard InChI is InChI=1S/C42H43N5O9S/c1-25-8-11-29(12-9-25)57(53,54)47-17-16-31-35(23-48)44-34-13-10-27(21-32(34)40(31)47)26-4-2-5-28(20-26)43-39(50)24-55-18-19-56-37-7-3-6-30-33(37)22-46(42(30)52)36-14-15-38(49)45-41(36)51/h2-13,20-21,31,35-36,40,44,48H,14-19,22-24H2,1H3,(H,43,50)(H,45,49,51)/t31-,35+,36?,40-/m1/s1. The van der Waals surface area contributed by atoms with Gasteiger partial charge in [-0.1, -0.05) is 42.0 Å². The van der Waals surface area contributed by atoms with Gasteiger partial charge in [0.1, 0.15) is 25.0 Å². The summed E-state index contributed by atoms with van der Waals surface area (Å²) in [6.07, 6.45) is 1.04. The number of aliphatic hydroxyl groups excluding tert-OH is 1. The molecule has 1 unspecified atom stereocenters. The molecule has 4 aliphatic heterocycles. The Bertz CT molecular complexity index is 2350. The summed E-state index contributed by atoms with van der Waals surface area (Å²) in [5.41, 5.74) is 5.89. The van der Waals surface area contributed by atoms with Crippen molar-refractivity contribution in [1.82, 2.24) is 14.5 Å². The first-order valence-electron chi connectivity index (χ1n) is 19.0. The second-order valence-corrected chi connectivity index (χ2v) is 16.7. The van der Waals surface area contributed by atoms with Crippen LogP contribution in [0.3, 0.4) is 0 Å². The topological polar surface area (TPSA) is 184 Å². The number of anilines is 2. The van der Waals surface area contributed by atoms with Crippen LogP contribution in [0, 0.1) is 12.8 Å². The minimum atomic E-state index is -3.82. The van der Waals surface area contributed by atoms with Crippen molar-refractivity contribution in [1.29, 1.82) is 0 Å². The highest BCUT2D eigenvalue weighted by molar-refractivity contribution is 7.89. The lowest BCUT2D eigenvalue weighted by atomic mass is 9.82. The maximum absolute atomic E-state index is 14.0. The second kappa shape index (κ2) is 15.7. The van der Waals surface area contributed by atoms with E-state index >= 15 is 0 Å². The number of amides is 4. The molecule has 4 amide bonds. The Balaban J connectivity index is 0.887. The molecule has 4 heterocycles. The number of nitrogens with zero attached hydrogens (tertiary/aromatic N) is 2. The maximum Gasteiger partial charge on any atom is 0.255 e. The zero-order valence-electron chi connectivity index (χ0n) is 31.3. The lowest BCUT2D eigenvalue weighted by Gasteiger charge is -2.39. The summed E-state index contributed by atoms with van der Waals surface area (Å²) in [7, 11) is -3.82. The average Bonchev–Trinajstić information content (AvgIpc) is 3.81. The number of benzene rings is 4. The summed E-state index contributed by atoms with van der Waals surface area (Å²) in [5, 5.41) is 18.9. The summed E-state index contributed by atoms with van der Waals surface area (Å²) in [6, 6.07) is 23.7. The fourth-order valence-electron chi connectivity index (χ4n) is 8.36. The fourth-order valence-corrected chi connectivity index (χ4v) is 10.0. The van der Waals surface area contributed by atoms with Crippen LogP contribution in [0.1, 0.15) is 52.4 Å². The minimum absolute atomic E-state index is 0.0983. The predicted octanol–water partition coefficient (Wildman–Crippen LogP) is 4.00. The van der Waals surface area contributed by atoms with E-state index in [-0.39, 0.29) is 80.4 Å². The molecule has 0 spiro atoms. The monoisotopic (exact) mass is 793 g/mol. The number of aryl methyl sites for hydroxylation is 1. The van der Waals surface area contributed by atoms with Gasteiger partial charge in [-0.25, -0.2) is 8.42 Å². The lowest BCUT2D eigenvalue weighted by Crippen LogP contribution is -2.52. The molecule has 0 saturated carbocycles. The number of rotatable bonds is 12. The van der Waals surface area contributed by atoms with Crippen molar-refractivity contribution in [3.63, 3.8) is 0 Å². The molecule has 4 aliphatic rings. The number of piperidine rings is 1. The molecule has 0 bridgehead atoms. The predicted molar refractivity (Wildman–Crippen MR) is 210 cm³/mol. The molecule has 4 N–H and O–H groups in total. The van der Waals surface area contributed by atoms with Gasteiger partial charge in [0.2, 0.25) is 27.7 Å². The largest absolute Gasteiger partial charge is 0.491 e. The SMILES string of the molecule is Cc1ccc(S(=O)(=O)N2CC[C@@H]3[C@H](CO)Nc4ccc(-c5cccc(NC(=O)COCCOc6cccc7c6CN(C6CCC(=O)NC6=O)C7=O)c5)cc4[C@@H]32)cc1. The van der Waals surface area contributed by atoms with Gasteiger partial charge in [0.05, 0.1) is 36.7 Å². The van der Waals surface area contributed by atoms with Gasteiger partial charge in [-0.2, -0.15) is 4.31 Å². The number of ether oxygens (including phenoxy) is 2. The molecular formula is C42H43N5O9S. The van der Waals surface area contributed by atoms with Crippen molar-refractivity contribution in [2.24, 2.45) is 5.92 Å². The smallest absolute Gasteiger partial charge is 0.255 e. The van der Waals surface area contributed by atoms with Crippen LogP contribution >= 0.6 is 0 Å². The highest BCUT2D eigenvalue weighted by Crippen LogP contribution is 2.49. The number of nitrogens with one attached hydrogen (secondary N) is 3. The number of sulfonamides is 1. The van der Waals surface area contributed by atoms with E-state index in [1.54, 1.807) is 52.8 Å². The van der Waals surface area contributed by atoms with Gasteiger partial charge in [-0.05, 0) is 85.0 Å². The van der Waals surface area contributed by atoms with Crippen LogP contribution in [0.5, 0.6) is 5.75 Å².